The van der Waals surface area contributed by atoms with E-state index in [9.17, 15) is 0 Å². The maximum atomic E-state index is 5.34. The van der Waals surface area contributed by atoms with Crippen molar-refractivity contribution in [3.63, 3.8) is 0 Å². The number of piperidine rings is 1. The van der Waals surface area contributed by atoms with Gasteiger partial charge in [-0.1, -0.05) is 6.42 Å². The van der Waals surface area contributed by atoms with Gasteiger partial charge in [0.05, 0.1) is 6.04 Å². The van der Waals surface area contributed by atoms with Gasteiger partial charge in [-0.3, -0.25) is 0 Å². The van der Waals surface area contributed by atoms with Crippen LogP contribution in [0.5, 0.6) is 0 Å². The quantitative estimate of drug-likeness (QED) is 0.649. The van der Waals surface area contributed by atoms with E-state index in [1.54, 1.807) is 14.2 Å². The molecule has 0 aliphatic carbocycles. The molecule has 0 spiro atoms. The van der Waals surface area contributed by atoms with Gasteiger partial charge in [0.2, 0.25) is 0 Å². The summed E-state index contributed by atoms with van der Waals surface area (Å²) in [6.45, 7) is 3.06. The minimum Gasteiger partial charge on any atom is -0.352 e. The molecule has 0 aromatic heterocycles. The highest BCUT2D eigenvalue weighted by Crippen LogP contribution is 2.22. The Morgan fingerprint density at radius 3 is 2.33 bits per heavy atom. The van der Waals surface area contributed by atoms with Crippen LogP contribution in [0.1, 0.15) is 26.2 Å². The van der Waals surface area contributed by atoms with E-state index < -0.39 is 5.79 Å². The molecule has 1 atom stereocenters. The predicted molar refractivity (Wildman–Crippen MR) is 48.1 cm³/mol. The maximum absolute atomic E-state index is 5.34. The normalized spacial score (nSPS) is 25.8. The zero-order valence-electron chi connectivity index (χ0n) is 8.22. The van der Waals surface area contributed by atoms with Crippen molar-refractivity contribution in [3.05, 3.63) is 0 Å². The third kappa shape index (κ3) is 1.97. The fourth-order valence-corrected chi connectivity index (χ4v) is 1.67. The molecular weight excluding hydrogens is 154 g/mol. The predicted octanol–water partition coefficient (Wildman–Crippen LogP) is 1.14. The van der Waals surface area contributed by atoms with Crippen LogP contribution in [0, 0.1) is 0 Å². The summed E-state index contributed by atoms with van der Waals surface area (Å²) in [5.41, 5.74) is 0. The van der Waals surface area contributed by atoms with Crippen molar-refractivity contribution >= 4 is 0 Å². The van der Waals surface area contributed by atoms with E-state index in [1.165, 1.54) is 12.8 Å². The van der Waals surface area contributed by atoms with E-state index in [4.69, 9.17) is 9.47 Å². The van der Waals surface area contributed by atoms with Gasteiger partial charge in [-0.25, -0.2) is 0 Å². The molecule has 1 aliphatic heterocycles. The lowest BCUT2D eigenvalue weighted by Gasteiger charge is -2.37. The molecule has 1 fully saturated rings. The number of hydrogen-bond donors (Lipinski definition) is 1. The Morgan fingerprint density at radius 2 is 1.92 bits per heavy atom. The zero-order valence-corrected chi connectivity index (χ0v) is 8.22. The second-order valence-electron chi connectivity index (χ2n) is 3.43. The van der Waals surface area contributed by atoms with Crippen molar-refractivity contribution in [2.75, 3.05) is 20.8 Å². The Bertz CT molecular complexity index is 128. The second-order valence-corrected chi connectivity index (χ2v) is 3.43. The van der Waals surface area contributed by atoms with Crippen LogP contribution in [-0.2, 0) is 9.47 Å². The van der Waals surface area contributed by atoms with Crippen molar-refractivity contribution < 1.29 is 9.47 Å². The summed E-state index contributed by atoms with van der Waals surface area (Å²) >= 11 is 0. The largest absolute Gasteiger partial charge is 0.352 e. The highest BCUT2D eigenvalue weighted by molar-refractivity contribution is 4.84. The van der Waals surface area contributed by atoms with Gasteiger partial charge in [-0.15, -0.1) is 0 Å². The van der Waals surface area contributed by atoms with Crippen LogP contribution in [0.3, 0.4) is 0 Å². The Morgan fingerprint density at radius 1 is 1.25 bits per heavy atom. The molecule has 0 aromatic rings. The van der Waals surface area contributed by atoms with Crippen molar-refractivity contribution in [1.29, 1.82) is 0 Å². The molecular formula is C9H19NO2. The molecule has 0 saturated carbocycles. The number of nitrogens with one attached hydrogen (secondary N) is 1. The van der Waals surface area contributed by atoms with Gasteiger partial charge in [-0.05, 0) is 26.3 Å². The van der Waals surface area contributed by atoms with E-state index >= 15 is 0 Å². The average molecular weight is 173 g/mol. The molecule has 72 valence electrons. The average Bonchev–Trinajstić information content (AvgIpc) is 2.18. The van der Waals surface area contributed by atoms with Crippen molar-refractivity contribution in [2.45, 2.75) is 38.0 Å². The fraction of sp³-hybridized carbons (Fsp3) is 1.00. The number of methoxy groups -OCH3 is 2. The lowest BCUT2D eigenvalue weighted by molar-refractivity contribution is -0.215. The van der Waals surface area contributed by atoms with Crippen LogP contribution in [-0.4, -0.2) is 32.6 Å². The molecule has 0 amide bonds. The van der Waals surface area contributed by atoms with E-state index in [0.29, 0.717) is 6.04 Å². The van der Waals surface area contributed by atoms with Crippen molar-refractivity contribution in [3.8, 4) is 0 Å². The van der Waals surface area contributed by atoms with Crippen LogP contribution in [0.2, 0.25) is 0 Å². The fourth-order valence-electron chi connectivity index (χ4n) is 1.67. The summed E-state index contributed by atoms with van der Waals surface area (Å²) < 4.78 is 10.7. The Labute approximate surface area is 74.4 Å². The van der Waals surface area contributed by atoms with Gasteiger partial charge < -0.3 is 14.8 Å². The summed E-state index contributed by atoms with van der Waals surface area (Å²) in [5, 5.41) is 3.41. The van der Waals surface area contributed by atoms with Gasteiger partial charge in [0.1, 0.15) is 0 Å². The molecule has 3 nitrogen and oxygen atoms in total. The summed E-state index contributed by atoms with van der Waals surface area (Å²) in [4.78, 5) is 0. The number of rotatable bonds is 3. The smallest absolute Gasteiger partial charge is 0.180 e. The van der Waals surface area contributed by atoms with Crippen LogP contribution < -0.4 is 5.32 Å². The third-order valence-electron chi connectivity index (χ3n) is 2.75. The molecule has 1 unspecified atom stereocenters. The molecule has 1 saturated heterocycles. The molecule has 1 rings (SSSR count). The van der Waals surface area contributed by atoms with E-state index in [1.807, 2.05) is 6.92 Å². The number of hydrogen-bond acceptors (Lipinski definition) is 3. The first kappa shape index (κ1) is 9.96. The topological polar surface area (TPSA) is 30.5 Å². The van der Waals surface area contributed by atoms with Crippen LogP contribution in [0.15, 0.2) is 0 Å². The van der Waals surface area contributed by atoms with E-state index in [2.05, 4.69) is 5.32 Å². The lowest BCUT2D eigenvalue weighted by Crippen LogP contribution is -2.53. The van der Waals surface area contributed by atoms with Crippen molar-refractivity contribution in [2.24, 2.45) is 0 Å². The molecule has 12 heavy (non-hydrogen) atoms. The molecule has 3 heteroatoms. The number of ether oxygens (including phenoxy) is 2. The first-order valence-corrected chi connectivity index (χ1v) is 4.56. The van der Waals surface area contributed by atoms with Gasteiger partial charge in [0.15, 0.2) is 5.79 Å². The second kappa shape index (κ2) is 4.21. The van der Waals surface area contributed by atoms with E-state index in [0.717, 1.165) is 13.0 Å². The van der Waals surface area contributed by atoms with Crippen LogP contribution in [0.4, 0.5) is 0 Å². The molecule has 0 bridgehead atoms. The van der Waals surface area contributed by atoms with Crippen LogP contribution in [0.25, 0.3) is 0 Å². The molecule has 1 N–H and O–H groups in total. The molecule has 1 heterocycles. The van der Waals surface area contributed by atoms with E-state index in [-0.39, 0.29) is 0 Å². The summed E-state index contributed by atoms with van der Waals surface area (Å²) in [6.07, 6.45) is 3.66. The maximum Gasteiger partial charge on any atom is 0.180 e. The van der Waals surface area contributed by atoms with Crippen LogP contribution >= 0.6 is 0 Å². The molecule has 1 aliphatic rings. The standard InChI is InChI=1S/C9H19NO2/c1-9(11-2,12-3)8-6-4-5-7-10-8/h8,10H,4-7H2,1-3H3. The Kier molecular flexibility index (Phi) is 3.50. The Balaban J connectivity index is 2.51. The molecule has 0 radical (unpaired) electrons. The first-order chi connectivity index (χ1) is 5.73. The monoisotopic (exact) mass is 173 g/mol. The first-order valence-electron chi connectivity index (χ1n) is 4.56. The molecule has 0 aromatic carbocycles. The third-order valence-corrected chi connectivity index (χ3v) is 2.75. The minimum absolute atomic E-state index is 0.334. The summed E-state index contributed by atoms with van der Waals surface area (Å²) in [5.74, 6) is -0.458. The van der Waals surface area contributed by atoms with Gasteiger partial charge in [-0.2, -0.15) is 0 Å². The zero-order chi connectivity index (χ0) is 9.03. The van der Waals surface area contributed by atoms with Gasteiger partial charge in [0.25, 0.3) is 0 Å². The van der Waals surface area contributed by atoms with Crippen molar-refractivity contribution in [1.82, 2.24) is 5.32 Å². The minimum atomic E-state index is -0.458. The van der Waals surface area contributed by atoms with Gasteiger partial charge >= 0.3 is 0 Å². The highest BCUT2D eigenvalue weighted by atomic mass is 16.7. The van der Waals surface area contributed by atoms with Gasteiger partial charge in [0, 0.05) is 14.2 Å². The summed E-state index contributed by atoms with van der Waals surface area (Å²) in [6, 6.07) is 0.334. The lowest BCUT2D eigenvalue weighted by atomic mass is 9.98. The highest BCUT2D eigenvalue weighted by Gasteiger charge is 2.34. The Hall–Kier alpha value is -0.120. The SMILES string of the molecule is COC(C)(OC)C1CCCCN1. The summed E-state index contributed by atoms with van der Waals surface area (Å²) in [7, 11) is 3.39.